The Morgan fingerprint density at radius 1 is 1.29 bits per heavy atom. The van der Waals surface area contributed by atoms with Gasteiger partial charge in [-0.15, -0.1) is 0 Å². The third kappa shape index (κ3) is 3.12. The molecule has 0 atom stereocenters. The number of cyclic esters (lactones) is 1. The summed E-state index contributed by atoms with van der Waals surface area (Å²) in [5, 5.41) is 0. The van der Waals surface area contributed by atoms with Gasteiger partial charge in [0.2, 0.25) is 0 Å². The van der Waals surface area contributed by atoms with Crippen molar-refractivity contribution in [3.8, 4) is 0 Å². The van der Waals surface area contributed by atoms with Crippen molar-refractivity contribution in [2.24, 2.45) is 5.92 Å². The highest BCUT2D eigenvalue weighted by Crippen LogP contribution is 2.39. The highest BCUT2D eigenvalue weighted by Gasteiger charge is 2.44. The molecule has 0 amide bonds. The molecule has 0 spiro atoms. The Kier molecular flexibility index (Phi) is 4.41. The fourth-order valence-electron chi connectivity index (χ4n) is 2.01. The molecule has 21 heavy (non-hydrogen) atoms. The van der Waals surface area contributed by atoms with Crippen LogP contribution in [0.3, 0.4) is 0 Å². The van der Waals surface area contributed by atoms with E-state index in [1.165, 1.54) is 0 Å². The van der Waals surface area contributed by atoms with Gasteiger partial charge in [0, 0.05) is 9.13 Å². The van der Waals surface area contributed by atoms with E-state index in [9.17, 15) is 9.59 Å². The second-order valence-electron chi connectivity index (χ2n) is 5.66. The largest absolute Gasteiger partial charge is 0.448 e. The van der Waals surface area contributed by atoms with E-state index in [2.05, 4.69) is 22.6 Å². The normalized spacial score (nSPS) is 17.1. The van der Waals surface area contributed by atoms with Gasteiger partial charge in [0.15, 0.2) is 11.4 Å². The van der Waals surface area contributed by atoms with Crippen LogP contribution in [0.2, 0.25) is 0 Å². The SMILES string of the molecule is CC(C)C(=O)OC1=C(c2ccccc2I)C(=O)OC1(C)C. The third-order valence-corrected chi connectivity index (χ3v) is 4.08. The minimum Gasteiger partial charge on any atom is -0.448 e. The molecule has 0 saturated heterocycles. The van der Waals surface area contributed by atoms with E-state index in [-0.39, 0.29) is 17.6 Å². The maximum absolute atomic E-state index is 12.2. The molecule has 4 nitrogen and oxygen atoms in total. The number of halogens is 1. The topological polar surface area (TPSA) is 52.6 Å². The summed E-state index contributed by atoms with van der Waals surface area (Å²) in [5.41, 5.74) is 0.106. The highest BCUT2D eigenvalue weighted by atomic mass is 127. The molecule has 0 unspecified atom stereocenters. The monoisotopic (exact) mass is 400 g/mol. The van der Waals surface area contributed by atoms with Gasteiger partial charge in [-0.05, 0) is 42.5 Å². The van der Waals surface area contributed by atoms with E-state index in [0.29, 0.717) is 5.57 Å². The van der Waals surface area contributed by atoms with Crippen LogP contribution in [0.25, 0.3) is 5.57 Å². The number of rotatable bonds is 3. The predicted octanol–water partition coefficient (Wildman–Crippen LogP) is 3.54. The number of ether oxygens (including phenoxy) is 2. The Hall–Kier alpha value is -1.37. The van der Waals surface area contributed by atoms with Crippen molar-refractivity contribution in [3.05, 3.63) is 39.2 Å². The van der Waals surface area contributed by atoms with Crippen molar-refractivity contribution in [2.75, 3.05) is 0 Å². The minimum atomic E-state index is -0.949. The smallest absolute Gasteiger partial charge is 0.343 e. The van der Waals surface area contributed by atoms with Crippen LogP contribution in [0.5, 0.6) is 0 Å². The average molecular weight is 400 g/mol. The Morgan fingerprint density at radius 2 is 1.90 bits per heavy atom. The number of carbonyl (C=O) groups is 2. The van der Waals surface area contributed by atoms with Gasteiger partial charge < -0.3 is 9.47 Å². The summed E-state index contributed by atoms with van der Waals surface area (Å²) in [6.45, 7) is 6.94. The molecule has 1 heterocycles. The van der Waals surface area contributed by atoms with E-state index in [1.807, 2.05) is 24.3 Å². The highest BCUT2D eigenvalue weighted by molar-refractivity contribution is 14.1. The summed E-state index contributed by atoms with van der Waals surface area (Å²) in [4.78, 5) is 24.2. The van der Waals surface area contributed by atoms with Crippen molar-refractivity contribution >= 4 is 40.1 Å². The lowest BCUT2D eigenvalue weighted by Gasteiger charge is -2.21. The fraction of sp³-hybridized carbons (Fsp3) is 0.375. The molecule has 1 aliphatic heterocycles. The molecule has 1 aliphatic rings. The Labute approximate surface area is 137 Å². The first kappa shape index (κ1) is 16.0. The molecular formula is C16H17IO4. The number of benzene rings is 1. The number of esters is 2. The Morgan fingerprint density at radius 3 is 2.48 bits per heavy atom. The van der Waals surface area contributed by atoms with E-state index < -0.39 is 11.6 Å². The standard InChI is InChI=1S/C16H17IO4/c1-9(2)14(18)20-13-12(15(19)21-16(13,3)4)10-7-5-6-8-11(10)17/h5-9H,1-4H3. The summed E-state index contributed by atoms with van der Waals surface area (Å²) in [6.07, 6.45) is 0. The second-order valence-corrected chi connectivity index (χ2v) is 6.82. The lowest BCUT2D eigenvalue weighted by atomic mass is 10.00. The van der Waals surface area contributed by atoms with E-state index >= 15 is 0 Å². The summed E-state index contributed by atoms with van der Waals surface area (Å²) < 4.78 is 11.7. The first-order valence-corrected chi connectivity index (χ1v) is 7.76. The third-order valence-electron chi connectivity index (χ3n) is 3.14. The van der Waals surface area contributed by atoms with Crippen LogP contribution >= 0.6 is 22.6 Å². The summed E-state index contributed by atoms with van der Waals surface area (Å²) in [7, 11) is 0. The van der Waals surface area contributed by atoms with Crippen LogP contribution in [-0.2, 0) is 19.1 Å². The number of carbonyl (C=O) groups excluding carboxylic acids is 2. The van der Waals surface area contributed by atoms with Crippen LogP contribution in [0.4, 0.5) is 0 Å². The van der Waals surface area contributed by atoms with E-state index in [0.717, 1.165) is 9.13 Å². The summed E-state index contributed by atoms with van der Waals surface area (Å²) in [5.74, 6) is -0.828. The molecule has 0 bridgehead atoms. The lowest BCUT2D eigenvalue weighted by molar-refractivity contribution is -0.151. The van der Waals surface area contributed by atoms with Crippen molar-refractivity contribution in [1.82, 2.24) is 0 Å². The van der Waals surface area contributed by atoms with Gasteiger partial charge in [-0.25, -0.2) is 4.79 Å². The molecule has 0 saturated carbocycles. The van der Waals surface area contributed by atoms with Gasteiger partial charge in [0.1, 0.15) is 5.57 Å². The Balaban J connectivity index is 2.57. The van der Waals surface area contributed by atoms with Crippen LogP contribution < -0.4 is 0 Å². The van der Waals surface area contributed by atoms with E-state index in [1.54, 1.807) is 27.7 Å². The Bertz CT molecular complexity index is 629. The van der Waals surface area contributed by atoms with Gasteiger partial charge in [-0.3, -0.25) is 4.79 Å². The van der Waals surface area contributed by atoms with Crippen LogP contribution in [-0.4, -0.2) is 17.5 Å². The van der Waals surface area contributed by atoms with Crippen LogP contribution in [0.15, 0.2) is 30.0 Å². The summed E-state index contributed by atoms with van der Waals surface area (Å²) in [6, 6.07) is 7.44. The maximum Gasteiger partial charge on any atom is 0.343 e. The van der Waals surface area contributed by atoms with Gasteiger partial charge in [-0.2, -0.15) is 0 Å². The zero-order valence-corrected chi connectivity index (χ0v) is 14.6. The second kappa shape index (κ2) is 5.79. The maximum atomic E-state index is 12.2. The van der Waals surface area contributed by atoms with Crippen molar-refractivity contribution in [2.45, 2.75) is 33.3 Å². The summed E-state index contributed by atoms with van der Waals surface area (Å²) >= 11 is 2.15. The molecule has 0 N–H and O–H groups in total. The molecule has 2 rings (SSSR count). The van der Waals surface area contributed by atoms with Gasteiger partial charge in [0.05, 0.1) is 5.92 Å². The molecule has 5 heteroatoms. The zero-order chi connectivity index (χ0) is 15.8. The van der Waals surface area contributed by atoms with E-state index in [4.69, 9.17) is 9.47 Å². The first-order valence-electron chi connectivity index (χ1n) is 6.68. The predicted molar refractivity (Wildman–Crippen MR) is 87.2 cm³/mol. The molecule has 0 radical (unpaired) electrons. The van der Waals surface area contributed by atoms with Gasteiger partial charge in [0.25, 0.3) is 0 Å². The number of hydrogen-bond acceptors (Lipinski definition) is 4. The lowest BCUT2D eigenvalue weighted by Crippen LogP contribution is -2.27. The molecule has 0 fully saturated rings. The fourth-order valence-corrected chi connectivity index (χ4v) is 2.67. The molecule has 1 aromatic carbocycles. The molecular weight excluding hydrogens is 383 g/mol. The van der Waals surface area contributed by atoms with Crippen molar-refractivity contribution < 1.29 is 19.1 Å². The average Bonchev–Trinajstić information content (AvgIpc) is 2.60. The van der Waals surface area contributed by atoms with Crippen LogP contribution in [0, 0.1) is 9.49 Å². The molecule has 112 valence electrons. The van der Waals surface area contributed by atoms with Gasteiger partial charge in [-0.1, -0.05) is 32.0 Å². The van der Waals surface area contributed by atoms with Crippen molar-refractivity contribution in [3.63, 3.8) is 0 Å². The quantitative estimate of drug-likeness (QED) is 0.576. The van der Waals surface area contributed by atoms with Gasteiger partial charge >= 0.3 is 11.9 Å². The van der Waals surface area contributed by atoms with Crippen molar-refractivity contribution in [1.29, 1.82) is 0 Å². The molecule has 0 aromatic heterocycles. The minimum absolute atomic E-state index is 0.278. The molecule has 1 aromatic rings. The molecule has 0 aliphatic carbocycles. The zero-order valence-electron chi connectivity index (χ0n) is 12.4. The number of hydrogen-bond donors (Lipinski definition) is 0. The van der Waals surface area contributed by atoms with Crippen LogP contribution in [0.1, 0.15) is 33.3 Å². The first-order chi connectivity index (χ1) is 9.74.